The number of fused-ring (bicyclic) bond motifs is 1. The molecule has 0 spiro atoms. The highest BCUT2D eigenvalue weighted by Gasteiger charge is 2.26. The molecule has 0 aliphatic carbocycles. The monoisotopic (exact) mass is 409 g/mol. The number of aryl methyl sites for hydroxylation is 1. The summed E-state index contributed by atoms with van der Waals surface area (Å²) >= 11 is 1.21. The molecule has 148 valence electrons. The zero-order chi connectivity index (χ0) is 20.2. The summed E-state index contributed by atoms with van der Waals surface area (Å²) in [5.41, 5.74) is 2.37. The van der Waals surface area contributed by atoms with Crippen molar-refractivity contribution in [1.82, 2.24) is 15.2 Å². The van der Waals surface area contributed by atoms with E-state index in [4.69, 9.17) is 4.74 Å². The van der Waals surface area contributed by atoms with Crippen molar-refractivity contribution in [2.45, 2.75) is 18.7 Å². The van der Waals surface area contributed by atoms with Gasteiger partial charge < -0.3 is 15.0 Å². The highest BCUT2D eigenvalue weighted by Crippen LogP contribution is 2.29. The number of benzene rings is 2. The summed E-state index contributed by atoms with van der Waals surface area (Å²) in [7, 11) is 0. The maximum Gasteiger partial charge on any atom is 0.244 e. The van der Waals surface area contributed by atoms with E-state index >= 15 is 0 Å². The molecule has 3 aromatic rings. The van der Waals surface area contributed by atoms with Crippen LogP contribution in [-0.4, -0.2) is 39.3 Å². The molecular formula is C20H19N5O3S. The summed E-state index contributed by atoms with van der Waals surface area (Å²) in [6, 6.07) is 15.0. The fraction of sp³-hybridized carbons (Fsp3) is 0.200. The number of carbonyl (C=O) groups is 2. The number of anilines is 2. The van der Waals surface area contributed by atoms with Crippen LogP contribution < -0.4 is 15.0 Å². The van der Waals surface area contributed by atoms with E-state index in [9.17, 15) is 9.59 Å². The zero-order valence-electron chi connectivity index (χ0n) is 15.7. The number of H-pyrrole nitrogens is 1. The number of aromatic amines is 1. The number of para-hydroxylation sites is 3. The van der Waals surface area contributed by atoms with Gasteiger partial charge in [-0.15, -0.1) is 5.10 Å². The van der Waals surface area contributed by atoms with E-state index in [1.54, 1.807) is 6.07 Å². The van der Waals surface area contributed by atoms with E-state index in [0.717, 1.165) is 11.3 Å². The van der Waals surface area contributed by atoms with Gasteiger partial charge in [-0.2, -0.15) is 0 Å². The van der Waals surface area contributed by atoms with Crippen LogP contribution in [0.3, 0.4) is 0 Å². The van der Waals surface area contributed by atoms with E-state index in [2.05, 4.69) is 20.5 Å². The average molecular weight is 409 g/mol. The molecule has 29 heavy (non-hydrogen) atoms. The average Bonchev–Trinajstić information content (AvgIpc) is 3.18. The first kappa shape index (κ1) is 19.0. The lowest BCUT2D eigenvalue weighted by atomic mass is 10.2. The van der Waals surface area contributed by atoms with Crippen molar-refractivity contribution >= 4 is 35.0 Å². The Kier molecular flexibility index (Phi) is 5.48. The van der Waals surface area contributed by atoms with Gasteiger partial charge in [-0.3, -0.25) is 14.7 Å². The Morgan fingerprint density at radius 3 is 2.86 bits per heavy atom. The van der Waals surface area contributed by atoms with Crippen LogP contribution in [0.25, 0.3) is 0 Å². The quantitative estimate of drug-likeness (QED) is 0.607. The molecule has 1 aliphatic heterocycles. The maximum absolute atomic E-state index is 12.7. The molecule has 2 aromatic carbocycles. The Morgan fingerprint density at radius 2 is 2.00 bits per heavy atom. The van der Waals surface area contributed by atoms with Crippen LogP contribution in [0, 0.1) is 6.92 Å². The lowest BCUT2D eigenvalue weighted by Gasteiger charge is -2.28. The zero-order valence-corrected chi connectivity index (χ0v) is 16.5. The molecule has 0 atom stereocenters. The number of nitrogens with one attached hydrogen (secondary N) is 2. The predicted octanol–water partition coefficient (Wildman–Crippen LogP) is 2.77. The van der Waals surface area contributed by atoms with Crippen molar-refractivity contribution in [1.29, 1.82) is 0 Å². The highest BCUT2D eigenvalue weighted by molar-refractivity contribution is 7.99. The summed E-state index contributed by atoms with van der Waals surface area (Å²) in [5.74, 6) is 1.09. The Hall–Kier alpha value is -3.33. The first-order valence-corrected chi connectivity index (χ1v) is 10.0. The summed E-state index contributed by atoms with van der Waals surface area (Å²) in [6.45, 7) is 2.23. The second-order valence-electron chi connectivity index (χ2n) is 6.45. The molecule has 0 radical (unpaired) electrons. The fourth-order valence-corrected chi connectivity index (χ4v) is 3.62. The lowest BCUT2D eigenvalue weighted by Crippen LogP contribution is -2.43. The molecule has 8 nitrogen and oxygen atoms in total. The van der Waals surface area contributed by atoms with Gasteiger partial charge in [-0.05, 0) is 30.7 Å². The number of nitrogens with zero attached hydrogens (tertiary/aromatic N) is 3. The first-order valence-electron chi connectivity index (χ1n) is 9.02. The normalized spacial score (nSPS) is 13.0. The molecule has 0 fully saturated rings. The number of hydrogen-bond acceptors (Lipinski definition) is 6. The van der Waals surface area contributed by atoms with Crippen LogP contribution in [0.1, 0.15) is 11.4 Å². The first-order chi connectivity index (χ1) is 14.1. The minimum atomic E-state index is -0.212. The van der Waals surface area contributed by atoms with Crippen molar-refractivity contribution in [3.05, 3.63) is 59.9 Å². The number of hydrogen-bond donors (Lipinski definition) is 2. The van der Waals surface area contributed by atoms with Gasteiger partial charge in [0.2, 0.25) is 17.0 Å². The van der Waals surface area contributed by atoms with Gasteiger partial charge in [0.1, 0.15) is 18.9 Å². The molecule has 2 heterocycles. The van der Waals surface area contributed by atoms with Crippen molar-refractivity contribution < 1.29 is 14.3 Å². The van der Waals surface area contributed by atoms with E-state index in [1.165, 1.54) is 16.7 Å². The molecule has 0 unspecified atom stereocenters. The lowest BCUT2D eigenvalue weighted by molar-refractivity contribution is -0.120. The Morgan fingerprint density at radius 1 is 1.21 bits per heavy atom. The summed E-state index contributed by atoms with van der Waals surface area (Å²) < 4.78 is 5.75. The minimum absolute atomic E-state index is 0.0000819. The second-order valence-corrected chi connectivity index (χ2v) is 7.40. The number of thioether (sulfide) groups is 1. The molecule has 2 amide bonds. The van der Waals surface area contributed by atoms with Crippen LogP contribution in [0.15, 0.2) is 53.7 Å². The molecule has 1 aliphatic rings. The number of ether oxygens (including phenoxy) is 1. The SMILES string of the molecule is Cc1ccccc1OCc1nc(SCC(=O)N2CC(=O)Nc3ccccc32)n[nH]1. The topological polar surface area (TPSA) is 100 Å². The van der Waals surface area contributed by atoms with Crippen LogP contribution in [0.4, 0.5) is 11.4 Å². The summed E-state index contributed by atoms with van der Waals surface area (Å²) in [5, 5.41) is 10.2. The Labute approximate surface area is 171 Å². The van der Waals surface area contributed by atoms with Gasteiger partial charge in [-0.1, -0.05) is 42.1 Å². The number of carbonyl (C=O) groups excluding carboxylic acids is 2. The second kappa shape index (κ2) is 8.36. The molecule has 0 saturated carbocycles. The third kappa shape index (κ3) is 4.40. The number of rotatable bonds is 6. The van der Waals surface area contributed by atoms with Crippen molar-refractivity contribution in [3.63, 3.8) is 0 Å². The molecule has 0 saturated heterocycles. The predicted molar refractivity (Wildman–Crippen MR) is 110 cm³/mol. The van der Waals surface area contributed by atoms with Gasteiger partial charge in [0.25, 0.3) is 0 Å². The van der Waals surface area contributed by atoms with E-state index in [1.807, 2.05) is 49.4 Å². The van der Waals surface area contributed by atoms with Gasteiger partial charge in [0, 0.05) is 0 Å². The molecule has 0 bridgehead atoms. The van der Waals surface area contributed by atoms with Crippen molar-refractivity contribution in [2.24, 2.45) is 0 Å². The largest absolute Gasteiger partial charge is 0.485 e. The standard InChI is InChI=1S/C20H19N5O3S/c1-13-6-2-5-9-16(13)28-11-17-22-20(24-23-17)29-12-19(27)25-10-18(26)21-14-7-3-4-8-15(14)25/h2-9H,10-12H2,1H3,(H,21,26)(H,22,23,24). The van der Waals surface area contributed by atoms with Crippen molar-refractivity contribution in [3.8, 4) is 5.75 Å². The number of aromatic nitrogens is 3. The summed E-state index contributed by atoms with van der Waals surface area (Å²) in [6.07, 6.45) is 0. The maximum atomic E-state index is 12.7. The van der Waals surface area contributed by atoms with Crippen molar-refractivity contribution in [2.75, 3.05) is 22.5 Å². The van der Waals surface area contributed by atoms with Crippen LogP contribution in [0.5, 0.6) is 5.75 Å². The smallest absolute Gasteiger partial charge is 0.244 e. The van der Waals surface area contributed by atoms with Crippen LogP contribution in [-0.2, 0) is 16.2 Å². The highest BCUT2D eigenvalue weighted by atomic mass is 32.2. The molecular weight excluding hydrogens is 390 g/mol. The molecule has 4 rings (SSSR count). The van der Waals surface area contributed by atoms with Gasteiger partial charge >= 0.3 is 0 Å². The fourth-order valence-electron chi connectivity index (χ4n) is 2.93. The van der Waals surface area contributed by atoms with E-state index in [-0.39, 0.29) is 30.7 Å². The minimum Gasteiger partial charge on any atom is -0.485 e. The third-order valence-corrected chi connectivity index (χ3v) is 5.20. The number of amides is 2. The van der Waals surface area contributed by atoms with Gasteiger partial charge in [0.15, 0.2) is 5.82 Å². The third-order valence-electron chi connectivity index (χ3n) is 4.37. The van der Waals surface area contributed by atoms with E-state index in [0.29, 0.717) is 22.4 Å². The summed E-state index contributed by atoms with van der Waals surface area (Å²) in [4.78, 5) is 30.4. The Balaban J connectivity index is 1.35. The van der Waals surface area contributed by atoms with Crippen LogP contribution >= 0.6 is 11.8 Å². The Bertz CT molecular complexity index is 1050. The van der Waals surface area contributed by atoms with E-state index < -0.39 is 0 Å². The van der Waals surface area contributed by atoms with Crippen LogP contribution in [0.2, 0.25) is 0 Å². The molecule has 2 N–H and O–H groups in total. The van der Waals surface area contributed by atoms with Gasteiger partial charge in [-0.25, -0.2) is 4.98 Å². The molecule has 9 heteroatoms. The van der Waals surface area contributed by atoms with Gasteiger partial charge in [0.05, 0.1) is 17.1 Å². The molecule has 1 aromatic heterocycles.